The van der Waals surface area contributed by atoms with Crippen LogP contribution in [0, 0.1) is 0 Å². The topological polar surface area (TPSA) is 89.6 Å². The molecule has 3 N–H and O–H groups in total. The molecule has 0 bridgehead atoms. The van der Waals surface area contributed by atoms with Gasteiger partial charge in [-0.2, -0.15) is 0 Å². The molecular formula is C9H11NO4. The third-order valence-electron chi connectivity index (χ3n) is 2.03. The van der Waals surface area contributed by atoms with Gasteiger partial charge in [0.25, 0.3) is 0 Å². The van der Waals surface area contributed by atoms with Gasteiger partial charge in [-0.3, -0.25) is 0 Å². The fourth-order valence-corrected chi connectivity index (χ4v) is 1.27. The quantitative estimate of drug-likeness (QED) is 0.616. The minimum absolute atomic E-state index is 0.129. The summed E-state index contributed by atoms with van der Waals surface area (Å²) in [4.78, 5) is 21.7. The van der Waals surface area contributed by atoms with Crippen molar-refractivity contribution in [3.05, 3.63) is 22.9 Å². The first kappa shape index (κ1) is 10.3. The second-order valence-corrected chi connectivity index (χ2v) is 2.90. The van der Waals surface area contributed by atoms with E-state index in [1.165, 1.54) is 13.2 Å². The minimum Gasteiger partial charge on any atom is -0.478 e. The molecule has 14 heavy (non-hydrogen) atoms. The predicted octanol–water partition coefficient (Wildman–Crippen LogP) is 0.177. The molecule has 1 aliphatic carbocycles. The molecule has 0 saturated heterocycles. The lowest BCUT2D eigenvalue weighted by Crippen LogP contribution is -2.17. The van der Waals surface area contributed by atoms with Gasteiger partial charge in [0.1, 0.15) is 0 Å². The van der Waals surface area contributed by atoms with Gasteiger partial charge in [0.15, 0.2) is 0 Å². The molecule has 0 unspecified atom stereocenters. The Morgan fingerprint density at radius 3 is 2.57 bits per heavy atom. The summed E-state index contributed by atoms with van der Waals surface area (Å²) < 4.78 is 4.50. The molecule has 0 saturated carbocycles. The Kier molecular flexibility index (Phi) is 2.91. The molecule has 0 aromatic heterocycles. The summed E-state index contributed by atoms with van der Waals surface area (Å²) in [6.07, 6.45) is 1.98. The van der Waals surface area contributed by atoms with Gasteiger partial charge in [0, 0.05) is 11.3 Å². The monoisotopic (exact) mass is 197 g/mol. The fraction of sp³-hybridized carbons (Fsp3) is 0.333. The highest BCUT2D eigenvalue weighted by Gasteiger charge is 2.20. The fourth-order valence-electron chi connectivity index (χ4n) is 1.27. The van der Waals surface area contributed by atoms with Gasteiger partial charge in [-0.05, 0) is 18.9 Å². The maximum absolute atomic E-state index is 11.1. The highest BCUT2D eigenvalue weighted by Crippen LogP contribution is 2.22. The molecule has 0 fully saturated rings. The number of carbonyl (C=O) groups is 2. The largest absolute Gasteiger partial charge is 0.478 e. The van der Waals surface area contributed by atoms with Crippen LogP contribution in [0.4, 0.5) is 0 Å². The lowest BCUT2D eigenvalue weighted by atomic mass is 9.96. The van der Waals surface area contributed by atoms with Crippen molar-refractivity contribution in [2.24, 2.45) is 5.73 Å². The molecule has 5 heteroatoms. The molecular weight excluding hydrogens is 186 g/mol. The van der Waals surface area contributed by atoms with E-state index in [1.807, 2.05) is 0 Å². The SMILES string of the molecule is COC(=O)C1=CC(N)=C(C(=O)O)CC1. The van der Waals surface area contributed by atoms with Crippen molar-refractivity contribution in [3.63, 3.8) is 0 Å². The van der Waals surface area contributed by atoms with Crippen LogP contribution in [0.1, 0.15) is 12.8 Å². The molecule has 0 aromatic rings. The van der Waals surface area contributed by atoms with Crippen LogP contribution in [-0.4, -0.2) is 24.2 Å². The van der Waals surface area contributed by atoms with Crippen LogP contribution in [-0.2, 0) is 14.3 Å². The molecule has 0 heterocycles. The van der Waals surface area contributed by atoms with Gasteiger partial charge in [-0.15, -0.1) is 0 Å². The first-order chi connectivity index (χ1) is 6.56. The Bertz CT molecular complexity index is 341. The van der Waals surface area contributed by atoms with Crippen LogP contribution in [0.3, 0.4) is 0 Å². The first-order valence-corrected chi connectivity index (χ1v) is 4.07. The van der Waals surface area contributed by atoms with Crippen LogP contribution >= 0.6 is 0 Å². The van der Waals surface area contributed by atoms with Gasteiger partial charge in [-0.25, -0.2) is 9.59 Å². The number of aliphatic carboxylic acids is 1. The van der Waals surface area contributed by atoms with Crippen molar-refractivity contribution >= 4 is 11.9 Å². The molecule has 76 valence electrons. The summed E-state index contributed by atoms with van der Waals surface area (Å²) >= 11 is 0. The van der Waals surface area contributed by atoms with Crippen molar-refractivity contribution in [1.29, 1.82) is 0 Å². The minimum atomic E-state index is -1.04. The first-order valence-electron chi connectivity index (χ1n) is 4.07. The van der Waals surface area contributed by atoms with Crippen molar-refractivity contribution in [1.82, 2.24) is 0 Å². The smallest absolute Gasteiger partial charge is 0.333 e. The molecule has 0 aromatic carbocycles. The third-order valence-corrected chi connectivity index (χ3v) is 2.03. The van der Waals surface area contributed by atoms with Crippen LogP contribution in [0.25, 0.3) is 0 Å². The number of nitrogens with two attached hydrogens (primary N) is 1. The van der Waals surface area contributed by atoms with E-state index in [4.69, 9.17) is 10.8 Å². The van der Waals surface area contributed by atoms with E-state index in [9.17, 15) is 9.59 Å². The van der Waals surface area contributed by atoms with Crippen molar-refractivity contribution in [3.8, 4) is 0 Å². The summed E-state index contributed by atoms with van der Waals surface area (Å²) in [7, 11) is 1.27. The number of allylic oxidation sites excluding steroid dienone is 1. The van der Waals surface area contributed by atoms with E-state index in [1.54, 1.807) is 0 Å². The van der Waals surface area contributed by atoms with Crippen LogP contribution in [0.2, 0.25) is 0 Å². The zero-order valence-electron chi connectivity index (χ0n) is 7.74. The number of carbonyl (C=O) groups excluding carboxylic acids is 1. The summed E-state index contributed by atoms with van der Waals surface area (Å²) in [6.45, 7) is 0. The second kappa shape index (κ2) is 3.95. The molecule has 0 radical (unpaired) electrons. The number of carboxylic acids is 1. The Hall–Kier alpha value is -1.78. The van der Waals surface area contributed by atoms with Gasteiger partial charge in [0.2, 0.25) is 0 Å². The van der Waals surface area contributed by atoms with Crippen LogP contribution < -0.4 is 5.73 Å². The van der Waals surface area contributed by atoms with E-state index >= 15 is 0 Å². The van der Waals surface area contributed by atoms with E-state index in [2.05, 4.69) is 4.74 Å². The van der Waals surface area contributed by atoms with Crippen molar-refractivity contribution in [2.75, 3.05) is 7.11 Å². The zero-order chi connectivity index (χ0) is 10.7. The lowest BCUT2D eigenvalue weighted by molar-refractivity contribution is -0.137. The Balaban J connectivity index is 2.95. The second-order valence-electron chi connectivity index (χ2n) is 2.90. The predicted molar refractivity (Wildman–Crippen MR) is 48.2 cm³/mol. The van der Waals surface area contributed by atoms with Gasteiger partial charge < -0.3 is 15.6 Å². The Morgan fingerprint density at radius 2 is 2.14 bits per heavy atom. The average Bonchev–Trinajstić information content (AvgIpc) is 2.15. The third kappa shape index (κ3) is 1.93. The number of hydrogen-bond acceptors (Lipinski definition) is 4. The molecule has 0 spiro atoms. The van der Waals surface area contributed by atoms with E-state index in [0.29, 0.717) is 12.0 Å². The number of methoxy groups -OCH3 is 1. The molecule has 0 amide bonds. The molecule has 0 atom stereocenters. The average molecular weight is 197 g/mol. The van der Waals surface area contributed by atoms with Gasteiger partial charge >= 0.3 is 11.9 Å². The summed E-state index contributed by atoms with van der Waals surface area (Å²) in [5, 5.41) is 8.71. The standard InChI is InChI=1S/C9H11NO4/c1-14-9(13)5-2-3-6(8(11)12)7(10)4-5/h4H,2-3,10H2,1H3,(H,11,12). The lowest BCUT2D eigenvalue weighted by Gasteiger charge is -2.13. The highest BCUT2D eigenvalue weighted by atomic mass is 16.5. The zero-order valence-corrected chi connectivity index (χ0v) is 7.74. The Morgan fingerprint density at radius 1 is 1.50 bits per heavy atom. The maximum atomic E-state index is 11.1. The normalized spacial score (nSPS) is 16.2. The van der Waals surface area contributed by atoms with Gasteiger partial charge in [0.05, 0.1) is 12.7 Å². The van der Waals surface area contributed by atoms with Gasteiger partial charge in [-0.1, -0.05) is 0 Å². The van der Waals surface area contributed by atoms with Crippen LogP contribution in [0.15, 0.2) is 22.9 Å². The van der Waals surface area contributed by atoms with Crippen molar-refractivity contribution in [2.45, 2.75) is 12.8 Å². The molecule has 5 nitrogen and oxygen atoms in total. The summed E-state index contributed by atoms with van der Waals surface area (Å²) in [5.74, 6) is -1.50. The molecule has 1 aliphatic rings. The van der Waals surface area contributed by atoms with Crippen molar-refractivity contribution < 1.29 is 19.4 Å². The molecule has 0 aliphatic heterocycles. The highest BCUT2D eigenvalue weighted by molar-refractivity contribution is 5.93. The number of carboxylic acid groups (broad SMARTS) is 1. The number of esters is 1. The maximum Gasteiger partial charge on any atom is 0.333 e. The summed E-state index contributed by atoms with van der Waals surface area (Å²) in [6, 6.07) is 0. The van der Waals surface area contributed by atoms with Crippen LogP contribution in [0.5, 0.6) is 0 Å². The summed E-state index contributed by atoms with van der Waals surface area (Å²) in [5.41, 5.74) is 6.17. The van der Waals surface area contributed by atoms with E-state index in [0.717, 1.165) is 0 Å². The number of rotatable bonds is 2. The number of ether oxygens (including phenoxy) is 1. The van der Waals surface area contributed by atoms with E-state index in [-0.39, 0.29) is 17.7 Å². The molecule has 1 rings (SSSR count). The Labute approximate surface area is 80.8 Å². The van der Waals surface area contributed by atoms with E-state index < -0.39 is 11.9 Å². The number of hydrogen-bond donors (Lipinski definition) is 2.